The maximum atomic E-state index is 13.2. The van der Waals surface area contributed by atoms with E-state index in [9.17, 15) is 9.18 Å². The second-order valence-electron chi connectivity index (χ2n) is 5.45. The van der Waals surface area contributed by atoms with Crippen LogP contribution in [0.5, 0.6) is 11.5 Å². The fraction of sp³-hybridized carbons (Fsp3) is 0.105. The summed E-state index contributed by atoms with van der Waals surface area (Å²) in [5.74, 6) is 0.712. The standard InChI is InChI=1S/C19H17FN4O3/c1-26-16-7-6-14(9-17(16)27-2)23-18-11-21-15(10-22-18)19(25)24-13-5-3-4-12(20)8-13/h3-11H,1-2H3,(H,22,23)(H,24,25). The molecule has 2 N–H and O–H groups in total. The van der Waals surface area contributed by atoms with Crippen molar-refractivity contribution < 1.29 is 18.7 Å². The summed E-state index contributed by atoms with van der Waals surface area (Å²) < 4.78 is 23.6. The molecule has 8 heteroatoms. The lowest BCUT2D eigenvalue weighted by Gasteiger charge is -2.11. The number of halogens is 1. The molecule has 1 aromatic heterocycles. The smallest absolute Gasteiger partial charge is 0.275 e. The molecule has 0 bridgehead atoms. The summed E-state index contributed by atoms with van der Waals surface area (Å²) in [6.07, 6.45) is 2.76. The first-order chi connectivity index (χ1) is 13.1. The third-order valence-electron chi connectivity index (χ3n) is 3.62. The van der Waals surface area contributed by atoms with Gasteiger partial charge in [0.05, 0.1) is 26.6 Å². The fourth-order valence-corrected chi connectivity index (χ4v) is 2.33. The van der Waals surface area contributed by atoms with Crippen molar-refractivity contribution in [1.29, 1.82) is 0 Å². The highest BCUT2D eigenvalue weighted by molar-refractivity contribution is 6.02. The average molecular weight is 368 g/mol. The van der Waals surface area contributed by atoms with Gasteiger partial charge >= 0.3 is 0 Å². The molecule has 3 rings (SSSR count). The Labute approximate surface area is 155 Å². The van der Waals surface area contributed by atoms with Crippen molar-refractivity contribution in [2.45, 2.75) is 0 Å². The van der Waals surface area contributed by atoms with Crippen LogP contribution in [0.4, 0.5) is 21.6 Å². The Morgan fingerprint density at radius 1 is 0.963 bits per heavy atom. The van der Waals surface area contributed by atoms with Crippen molar-refractivity contribution >= 4 is 23.1 Å². The van der Waals surface area contributed by atoms with Crippen molar-refractivity contribution in [2.75, 3.05) is 24.9 Å². The van der Waals surface area contributed by atoms with Crippen LogP contribution >= 0.6 is 0 Å². The largest absolute Gasteiger partial charge is 0.493 e. The summed E-state index contributed by atoms with van der Waals surface area (Å²) >= 11 is 0. The van der Waals surface area contributed by atoms with E-state index in [1.165, 1.54) is 30.6 Å². The van der Waals surface area contributed by atoms with Gasteiger partial charge in [0, 0.05) is 17.4 Å². The molecule has 7 nitrogen and oxygen atoms in total. The zero-order chi connectivity index (χ0) is 19.2. The molecule has 0 radical (unpaired) electrons. The van der Waals surface area contributed by atoms with E-state index in [0.717, 1.165) is 5.69 Å². The van der Waals surface area contributed by atoms with Crippen LogP contribution in [-0.4, -0.2) is 30.1 Å². The van der Waals surface area contributed by atoms with E-state index in [0.29, 0.717) is 23.0 Å². The fourth-order valence-electron chi connectivity index (χ4n) is 2.33. The number of anilines is 3. The molecule has 138 valence electrons. The zero-order valence-electron chi connectivity index (χ0n) is 14.7. The Morgan fingerprint density at radius 3 is 2.44 bits per heavy atom. The van der Waals surface area contributed by atoms with Gasteiger partial charge in [0.25, 0.3) is 5.91 Å². The minimum atomic E-state index is -0.481. The molecule has 0 saturated heterocycles. The monoisotopic (exact) mass is 368 g/mol. The number of nitrogens with zero attached hydrogens (tertiary/aromatic N) is 2. The molecule has 0 aliphatic rings. The molecular formula is C19H17FN4O3. The topological polar surface area (TPSA) is 85.4 Å². The van der Waals surface area contributed by atoms with Gasteiger partial charge in [-0.05, 0) is 30.3 Å². The highest BCUT2D eigenvalue weighted by Gasteiger charge is 2.10. The van der Waals surface area contributed by atoms with Gasteiger partial charge in [0.1, 0.15) is 17.3 Å². The number of aromatic nitrogens is 2. The molecule has 27 heavy (non-hydrogen) atoms. The summed E-state index contributed by atoms with van der Waals surface area (Å²) in [6, 6.07) is 10.9. The number of methoxy groups -OCH3 is 2. The maximum absolute atomic E-state index is 13.2. The first kappa shape index (κ1) is 18.1. The molecular weight excluding hydrogens is 351 g/mol. The van der Waals surface area contributed by atoms with Gasteiger partial charge < -0.3 is 20.1 Å². The number of amides is 1. The van der Waals surface area contributed by atoms with Crippen molar-refractivity contribution in [2.24, 2.45) is 0 Å². The molecule has 2 aromatic carbocycles. The van der Waals surface area contributed by atoms with Crippen LogP contribution in [0.15, 0.2) is 54.9 Å². The van der Waals surface area contributed by atoms with Crippen molar-refractivity contribution in [3.05, 3.63) is 66.4 Å². The molecule has 1 heterocycles. The third kappa shape index (κ3) is 4.49. The van der Waals surface area contributed by atoms with Crippen LogP contribution in [0.3, 0.4) is 0 Å². The van der Waals surface area contributed by atoms with E-state index in [-0.39, 0.29) is 5.69 Å². The number of carbonyl (C=O) groups is 1. The predicted octanol–water partition coefficient (Wildman–Crippen LogP) is 3.63. The summed E-state index contributed by atoms with van der Waals surface area (Å²) in [5, 5.41) is 5.63. The lowest BCUT2D eigenvalue weighted by Crippen LogP contribution is -2.14. The van der Waals surface area contributed by atoms with Crippen LogP contribution in [0.2, 0.25) is 0 Å². The SMILES string of the molecule is COc1ccc(Nc2cnc(C(=O)Nc3cccc(F)c3)cn2)cc1OC. The van der Waals surface area contributed by atoms with E-state index in [1.54, 1.807) is 38.5 Å². The molecule has 0 unspecified atom stereocenters. The molecule has 0 saturated carbocycles. The molecule has 1 amide bonds. The third-order valence-corrected chi connectivity index (χ3v) is 3.62. The number of benzene rings is 2. The van der Waals surface area contributed by atoms with Gasteiger partial charge in [0.15, 0.2) is 11.5 Å². The number of rotatable bonds is 6. The first-order valence-electron chi connectivity index (χ1n) is 7.97. The second-order valence-corrected chi connectivity index (χ2v) is 5.45. The van der Waals surface area contributed by atoms with Crippen LogP contribution in [0, 0.1) is 5.82 Å². The van der Waals surface area contributed by atoms with Gasteiger partial charge in [-0.1, -0.05) is 6.07 Å². The van der Waals surface area contributed by atoms with Gasteiger partial charge in [-0.3, -0.25) is 4.79 Å². The number of ether oxygens (including phenoxy) is 2. The Hall–Kier alpha value is -3.68. The zero-order valence-corrected chi connectivity index (χ0v) is 14.7. The van der Waals surface area contributed by atoms with Crippen molar-refractivity contribution in [1.82, 2.24) is 9.97 Å². The number of hydrogen-bond donors (Lipinski definition) is 2. The van der Waals surface area contributed by atoms with E-state index >= 15 is 0 Å². The average Bonchev–Trinajstić information content (AvgIpc) is 2.68. The van der Waals surface area contributed by atoms with Crippen molar-refractivity contribution in [3.8, 4) is 11.5 Å². The Morgan fingerprint density at radius 2 is 1.78 bits per heavy atom. The lowest BCUT2D eigenvalue weighted by atomic mass is 10.2. The van der Waals surface area contributed by atoms with Crippen LogP contribution < -0.4 is 20.1 Å². The van der Waals surface area contributed by atoms with E-state index in [2.05, 4.69) is 20.6 Å². The normalized spacial score (nSPS) is 10.2. The predicted molar refractivity (Wildman–Crippen MR) is 99.2 cm³/mol. The van der Waals surface area contributed by atoms with Crippen molar-refractivity contribution in [3.63, 3.8) is 0 Å². The van der Waals surface area contributed by atoms with Crippen LogP contribution in [0.1, 0.15) is 10.5 Å². The summed E-state index contributed by atoms with van der Waals surface area (Å²) in [4.78, 5) is 20.4. The van der Waals surface area contributed by atoms with Gasteiger partial charge in [-0.25, -0.2) is 14.4 Å². The van der Waals surface area contributed by atoms with E-state index in [4.69, 9.17) is 9.47 Å². The van der Waals surface area contributed by atoms with E-state index < -0.39 is 11.7 Å². The van der Waals surface area contributed by atoms with E-state index in [1.807, 2.05) is 0 Å². The van der Waals surface area contributed by atoms with Gasteiger partial charge in [-0.15, -0.1) is 0 Å². The summed E-state index contributed by atoms with van der Waals surface area (Å²) in [6.45, 7) is 0. The number of nitrogens with one attached hydrogen (secondary N) is 2. The molecule has 0 spiro atoms. The van der Waals surface area contributed by atoms with Gasteiger partial charge in [0.2, 0.25) is 0 Å². The molecule has 0 aliphatic heterocycles. The minimum Gasteiger partial charge on any atom is -0.493 e. The molecule has 3 aromatic rings. The van der Waals surface area contributed by atoms with Crippen LogP contribution in [0.25, 0.3) is 0 Å². The number of hydrogen-bond acceptors (Lipinski definition) is 6. The van der Waals surface area contributed by atoms with Gasteiger partial charge in [-0.2, -0.15) is 0 Å². The lowest BCUT2D eigenvalue weighted by molar-refractivity contribution is 0.102. The Kier molecular flexibility index (Phi) is 5.46. The molecule has 0 atom stereocenters. The quantitative estimate of drug-likeness (QED) is 0.691. The minimum absolute atomic E-state index is 0.108. The van der Waals surface area contributed by atoms with Crippen LogP contribution in [-0.2, 0) is 0 Å². The second kappa shape index (κ2) is 8.13. The summed E-state index contributed by atoms with van der Waals surface area (Å²) in [7, 11) is 3.11. The maximum Gasteiger partial charge on any atom is 0.275 e. The molecule has 0 aliphatic carbocycles. The summed E-state index contributed by atoms with van der Waals surface area (Å²) in [5.41, 5.74) is 1.17. The molecule has 0 fully saturated rings. The highest BCUT2D eigenvalue weighted by Crippen LogP contribution is 2.30. The first-order valence-corrected chi connectivity index (χ1v) is 7.97. The Balaban J connectivity index is 1.69. The number of carbonyl (C=O) groups excluding carboxylic acids is 1. The Bertz CT molecular complexity index is 948. The highest BCUT2D eigenvalue weighted by atomic mass is 19.1.